The Morgan fingerprint density at radius 1 is 1.22 bits per heavy atom. The van der Waals surface area contributed by atoms with Gasteiger partial charge in [0.05, 0.1) is 12.3 Å². The van der Waals surface area contributed by atoms with Gasteiger partial charge in [0, 0.05) is 6.04 Å². The topological polar surface area (TPSA) is 37.4 Å². The minimum absolute atomic E-state index is 0.0353. The Kier molecular flexibility index (Phi) is 2.94. The van der Waals surface area contributed by atoms with Gasteiger partial charge in [-0.05, 0) is 36.8 Å². The third-order valence-corrected chi connectivity index (χ3v) is 5.46. The first-order valence-corrected chi connectivity index (χ1v) is 8.48. The van der Waals surface area contributed by atoms with E-state index in [1.807, 2.05) is 12.2 Å². The van der Waals surface area contributed by atoms with Gasteiger partial charge in [-0.1, -0.05) is 30.7 Å². The van der Waals surface area contributed by atoms with Gasteiger partial charge in [-0.25, -0.2) is 8.42 Å². The fourth-order valence-corrected chi connectivity index (χ4v) is 4.89. The zero-order chi connectivity index (χ0) is 12.8. The van der Waals surface area contributed by atoms with E-state index in [-0.39, 0.29) is 12.1 Å². The quantitative estimate of drug-likeness (QED) is 0.730. The van der Waals surface area contributed by atoms with E-state index in [4.69, 9.17) is 0 Å². The second-order valence-electron chi connectivity index (χ2n) is 5.37. The molecule has 98 valence electrons. The molecule has 1 saturated carbocycles. The SMILES string of the molecule is CS(=O)(=O)N1C2CC=CC=CC2=C2CCCCC21. The van der Waals surface area contributed by atoms with Gasteiger partial charge in [0.25, 0.3) is 0 Å². The van der Waals surface area contributed by atoms with Crippen LogP contribution in [0.4, 0.5) is 0 Å². The lowest BCUT2D eigenvalue weighted by atomic mass is 9.89. The molecule has 3 aliphatic rings. The predicted octanol–water partition coefficient (Wildman–Crippen LogP) is 2.39. The van der Waals surface area contributed by atoms with Crippen LogP contribution in [0.3, 0.4) is 0 Å². The van der Waals surface area contributed by atoms with E-state index in [1.54, 1.807) is 4.31 Å². The van der Waals surface area contributed by atoms with E-state index in [1.165, 1.54) is 23.8 Å². The monoisotopic (exact) mass is 265 g/mol. The highest BCUT2D eigenvalue weighted by Gasteiger charge is 2.44. The zero-order valence-electron chi connectivity index (χ0n) is 10.7. The summed E-state index contributed by atoms with van der Waals surface area (Å²) in [4.78, 5) is 0. The van der Waals surface area contributed by atoms with Crippen molar-refractivity contribution in [2.24, 2.45) is 0 Å². The maximum absolute atomic E-state index is 12.1. The van der Waals surface area contributed by atoms with Crippen LogP contribution in [0.1, 0.15) is 32.1 Å². The summed E-state index contributed by atoms with van der Waals surface area (Å²) in [7, 11) is -3.14. The molecular formula is C14H19NO2S. The molecule has 18 heavy (non-hydrogen) atoms. The summed E-state index contributed by atoms with van der Waals surface area (Å²) < 4.78 is 26.0. The molecule has 0 amide bonds. The van der Waals surface area contributed by atoms with E-state index in [2.05, 4.69) is 12.2 Å². The number of allylic oxidation sites excluding steroid dienone is 2. The van der Waals surface area contributed by atoms with Crippen LogP contribution in [-0.4, -0.2) is 31.1 Å². The number of hydrogen-bond donors (Lipinski definition) is 0. The molecule has 1 fully saturated rings. The molecule has 0 N–H and O–H groups in total. The summed E-state index contributed by atoms with van der Waals surface area (Å²) >= 11 is 0. The molecule has 3 nitrogen and oxygen atoms in total. The molecule has 2 unspecified atom stereocenters. The van der Waals surface area contributed by atoms with Crippen LogP contribution in [0.2, 0.25) is 0 Å². The zero-order valence-corrected chi connectivity index (χ0v) is 11.5. The molecule has 0 radical (unpaired) electrons. The van der Waals surface area contributed by atoms with Gasteiger partial charge in [0.1, 0.15) is 0 Å². The lowest BCUT2D eigenvalue weighted by Gasteiger charge is -2.31. The van der Waals surface area contributed by atoms with Crippen LogP contribution >= 0.6 is 0 Å². The highest BCUT2D eigenvalue weighted by atomic mass is 32.2. The van der Waals surface area contributed by atoms with Gasteiger partial charge < -0.3 is 0 Å². The Bertz CT molecular complexity index is 542. The lowest BCUT2D eigenvalue weighted by molar-refractivity contribution is 0.301. The van der Waals surface area contributed by atoms with E-state index >= 15 is 0 Å². The number of hydrogen-bond acceptors (Lipinski definition) is 2. The van der Waals surface area contributed by atoms with Crippen molar-refractivity contribution in [3.8, 4) is 0 Å². The first-order valence-electron chi connectivity index (χ1n) is 6.63. The fourth-order valence-electron chi connectivity index (χ4n) is 3.54. The average molecular weight is 265 g/mol. The van der Waals surface area contributed by atoms with Gasteiger partial charge in [-0.15, -0.1) is 0 Å². The van der Waals surface area contributed by atoms with Crippen LogP contribution in [0.25, 0.3) is 0 Å². The van der Waals surface area contributed by atoms with Gasteiger partial charge in [0.15, 0.2) is 0 Å². The predicted molar refractivity (Wildman–Crippen MR) is 72.6 cm³/mol. The van der Waals surface area contributed by atoms with Crippen LogP contribution in [-0.2, 0) is 10.0 Å². The van der Waals surface area contributed by atoms with Crippen molar-refractivity contribution < 1.29 is 8.42 Å². The van der Waals surface area contributed by atoms with Gasteiger partial charge in [0.2, 0.25) is 10.0 Å². The number of rotatable bonds is 1. The van der Waals surface area contributed by atoms with Crippen molar-refractivity contribution in [2.45, 2.75) is 44.2 Å². The Labute approximate surface area is 109 Å². The second-order valence-corrected chi connectivity index (χ2v) is 7.26. The number of nitrogens with zero attached hydrogens (tertiary/aromatic N) is 1. The van der Waals surface area contributed by atoms with Crippen molar-refractivity contribution in [3.05, 3.63) is 35.5 Å². The van der Waals surface area contributed by atoms with Gasteiger partial charge in [-0.3, -0.25) is 0 Å². The normalized spacial score (nSPS) is 32.3. The largest absolute Gasteiger partial charge is 0.212 e. The van der Waals surface area contributed by atoms with Crippen molar-refractivity contribution in [2.75, 3.05) is 6.26 Å². The minimum atomic E-state index is -3.14. The molecule has 0 aromatic rings. The summed E-state index contributed by atoms with van der Waals surface area (Å²) in [6.07, 6.45) is 14.8. The Morgan fingerprint density at radius 3 is 2.83 bits per heavy atom. The van der Waals surface area contributed by atoms with Crippen molar-refractivity contribution in [3.63, 3.8) is 0 Å². The lowest BCUT2D eigenvalue weighted by Crippen LogP contribution is -2.43. The molecule has 2 aliphatic carbocycles. The first kappa shape index (κ1) is 12.2. The molecule has 0 bridgehead atoms. The summed E-state index contributed by atoms with van der Waals surface area (Å²) in [5.74, 6) is 0. The summed E-state index contributed by atoms with van der Waals surface area (Å²) in [6, 6.07) is 0.165. The summed E-state index contributed by atoms with van der Waals surface area (Å²) in [5, 5.41) is 0. The van der Waals surface area contributed by atoms with Crippen LogP contribution < -0.4 is 0 Å². The Hall–Kier alpha value is -0.870. The third-order valence-electron chi connectivity index (χ3n) is 4.19. The first-order chi connectivity index (χ1) is 8.59. The highest BCUT2D eigenvalue weighted by Crippen LogP contribution is 2.43. The molecule has 3 rings (SSSR count). The van der Waals surface area contributed by atoms with Crippen LogP contribution in [0.5, 0.6) is 0 Å². The standard InChI is InChI=1S/C14H19NO2S/c1-18(16,17)15-13-9-4-2-3-7-11(13)12-8-5-6-10-14(12)15/h2-4,7,13-14H,5-6,8-10H2,1H3. The molecule has 0 aromatic heterocycles. The maximum atomic E-state index is 12.1. The van der Waals surface area contributed by atoms with E-state index in [9.17, 15) is 8.42 Å². The molecular weight excluding hydrogens is 246 g/mol. The van der Waals surface area contributed by atoms with E-state index in [0.717, 1.165) is 25.7 Å². The second kappa shape index (κ2) is 4.35. The molecule has 1 heterocycles. The highest BCUT2D eigenvalue weighted by molar-refractivity contribution is 7.88. The van der Waals surface area contributed by atoms with Crippen molar-refractivity contribution in [1.82, 2.24) is 4.31 Å². The summed E-state index contributed by atoms with van der Waals surface area (Å²) in [6.45, 7) is 0. The van der Waals surface area contributed by atoms with E-state index in [0.29, 0.717) is 0 Å². The van der Waals surface area contributed by atoms with Gasteiger partial charge >= 0.3 is 0 Å². The molecule has 0 aromatic carbocycles. The van der Waals surface area contributed by atoms with Crippen molar-refractivity contribution in [1.29, 1.82) is 0 Å². The molecule has 0 saturated heterocycles. The number of sulfonamides is 1. The number of fused-ring (bicyclic) bond motifs is 2. The molecule has 4 heteroatoms. The fraction of sp³-hybridized carbons (Fsp3) is 0.571. The third kappa shape index (κ3) is 1.88. The molecule has 1 aliphatic heterocycles. The molecule has 2 atom stereocenters. The average Bonchev–Trinajstić information content (AvgIpc) is 2.47. The molecule has 0 spiro atoms. The van der Waals surface area contributed by atoms with E-state index < -0.39 is 10.0 Å². The van der Waals surface area contributed by atoms with Crippen LogP contribution in [0, 0.1) is 0 Å². The van der Waals surface area contributed by atoms with Crippen LogP contribution in [0.15, 0.2) is 35.5 Å². The Balaban J connectivity index is 2.09. The minimum Gasteiger partial charge on any atom is -0.212 e. The van der Waals surface area contributed by atoms with Gasteiger partial charge in [-0.2, -0.15) is 4.31 Å². The smallest absolute Gasteiger partial charge is 0.212 e. The Morgan fingerprint density at radius 2 is 2.06 bits per heavy atom. The maximum Gasteiger partial charge on any atom is 0.212 e. The summed E-state index contributed by atoms with van der Waals surface area (Å²) in [5.41, 5.74) is 2.63. The van der Waals surface area contributed by atoms with Crippen molar-refractivity contribution >= 4 is 10.0 Å².